The molecule has 6 nitrogen and oxygen atoms in total. The van der Waals surface area contributed by atoms with Gasteiger partial charge in [-0.05, 0) is 20.8 Å². The Kier molecular flexibility index (Phi) is 3.99. The molecule has 0 aromatic carbocycles. The molecule has 18 heavy (non-hydrogen) atoms. The first-order chi connectivity index (χ1) is 8.48. The highest BCUT2D eigenvalue weighted by atomic mass is 16.5. The Balaban J connectivity index is 1.86. The van der Waals surface area contributed by atoms with Gasteiger partial charge in [0.15, 0.2) is 0 Å². The first kappa shape index (κ1) is 13.5. The maximum atomic E-state index is 5.88. The highest BCUT2D eigenvalue weighted by Crippen LogP contribution is 2.20. The summed E-state index contributed by atoms with van der Waals surface area (Å²) in [5, 5.41) is 8.04. The van der Waals surface area contributed by atoms with Gasteiger partial charge in [0.05, 0.1) is 23.9 Å². The van der Waals surface area contributed by atoms with E-state index in [1.807, 2.05) is 10.9 Å². The van der Waals surface area contributed by atoms with Gasteiger partial charge in [-0.25, -0.2) is 0 Å². The minimum absolute atomic E-state index is 0.0670. The second kappa shape index (κ2) is 5.34. The van der Waals surface area contributed by atoms with Gasteiger partial charge in [0, 0.05) is 32.4 Å². The van der Waals surface area contributed by atoms with Gasteiger partial charge >= 0.3 is 0 Å². The van der Waals surface area contributed by atoms with E-state index in [0.29, 0.717) is 6.54 Å². The molecule has 1 atom stereocenters. The molecule has 2 N–H and O–H groups in total. The summed E-state index contributed by atoms with van der Waals surface area (Å²) >= 11 is 0. The third-order valence-electron chi connectivity index (χ3n) is 3.08. The zero-order valence-electron chi connectivity index (χ0n) is 11.5. The molecule has 1 aromatic rings. The molecule has 0 saturated carbocycles. The highest BCUT2D eigenvalue weighted by Gasteiger charge is 2.30. The Hall–Kier alpha value is -0.980. The fraction of sp³-hybridized carbons (Fsp3) is 0.833. The molecule has 1 fully saturated rings. The minimum atomic E-state index is -0.0670. The van der Waals surface area contributed by atoms with Gasteiger partial charge in [0.1, 0.15) is 0 Å². The van der Waals surface area contributed by atoms with Gasteiger partial charge in [0.25, 0.3) is 0 Å². The largest absolute Gasteiger partial charge is 0.370 e. The van der Waals surface area contributed by atoms with E-state index in [2.05, 4.69) is 36.0 Å². The van der Waals surface area contributed by atoms with Crippen LogP contribution in [0.1, 0.15) is 26.5 Å². The first-order valence-electron chi connectivity index (χ1n) is 6.48. The first-order valence-corrected chi connectivity index (χ1v) is 6.48. The second-order valence-corrected chi connectivity index (χ2v) is 5.60. The summed E-state index contributed by atoms with van der Waals surface area (Å²) in [7, 11) is 0. The van der Waals surface area contributed by atoms with E-state index in [1.54, 1.807) is 0 Å². The molecule has 0 bridgehead atoms. The molecular formula is C12H23N5O. The van der Waals surface area contributed by atoms with Gasteiger partial charge in [-0.15, -0.1) is 5.10 Å². The monoisotopic (exact) mass is 253 g/mol. The van der Waals surface area contributed by atoms with E-state index in [-0.39, 0.29) is 11.7 Å². The molecular weight excluding hydrogens is 230 g/mol. The van der Waals surface area contributed by atoms with Gasteiger partial charge in [0.2, 0.25) is 0 Å². The van der Waals surface area contributed by atoms with Crippen LogP contribution in [0, 0.1) is 0 Å². The molecule has 2 rings (SSSR count). The molecule has 0 radical (unpaired) electrons. The number of rotatable bonds is 4. The maximum absolute atomic E-state index is 5.88. The van der Waals surface area contributed by atoms with E-state index < -0.39 is 0 Å². The molecule has 0 spiro atoms. The van der Waals surface area contributed by atoms with Crippen LogP contribution >= 0.6 is 0 Å². The number of morpholine rings is 1. The predicted octanol–water partition coefficient (Wildman–Crippen LogP) is 0.236. The van der Waals surface area contributed by atoms with Crippen molar-refractivity contribution in [1.82, 2.24) is 19.9 Å². The molecule has 2 heterocycles. The third-order valence-corrected chi connectivity index (χ3v) is 3.08. The minimum Gasteiger partial charge on any atom is -0.370 e. The maximum Gasteiger partial charge on any atom is 0.0962 e. The molecule has 6 heteroatoms. The standard InChI is InChI=1S/C12H23N5O/c1-10-7-16(9-12(2,3)18-10)4-5-17-8-11(6-13)14-15-17/h8,10H,4-7,9,13H2,1-3H3. The SMILES string of the molecule is CC1CN(CCn2cc(CN)nn2)CC(C)(C)O1. The lowest BCUT2D eigenvalue weighted by atomic mass is 10.1. The van der Waals surface area contributed by atoms with Gasteiger partial charge in [-0.2, -0.15) is 0 Å². The summed E-state index contributed by atoms with van der Waals surface area (Å²) in [4.78, 5) is 2.41. The molecule has 1 saturated heterocycles. The van der Waals surface area contributed by atoms with Crippen molar-refractivity contribution < 1.29 is 4.74 Å². The van der Waals surface area contributed by atoms with Crippen LogP contribution in [-0.4, -0.2) is 51.2 Å². The quantitative estimate of drug-likeness (QED) is 0.832. The zero-order chi connectivity index (χ0) is 13.2. The number of ether oxygens (including phenoxy) is 1. The number of hydrogen-bond donors (Lipinski definition) is 1. The van der Waals surface area contributed by atoms with Crippen LogP contribution < -0.4 is 5.73 Å². The molecule has 0 amide bonds. The van der Waals surface area contributed by atoms with E-state index in [1.165, 1.54) is 0 Å². The van der Waals surface area contributed by atoms with Crippen LogP contribution in [0.4, 0.5) is 0 Å². The van der Waals surface area contributed by atoms with Crippen LogP contribution in [-0.2, 0) is 17.8 Å². The number of nitrogens with zero attached hydrogens (tertiary/aromatic N) is 4. The Bertz CT molecular complexity index is 390. The van der Waals surface area contributed by atoms with Gasteiger partial charge in [-0.1, -0.05) is 5.21 Å². The van der Waals surface area contributed by atoms with Crippen LogP contribution in [0.15, 0.2) is 6.20 Å². The number of hydrogen-bond acceptors (Lipinski definition) is 5. The van der Waals surface area contributed by atoms with Gasteiger partial charge in [-0.3, -0.25) is 9.58 Å². The Morgan fingerprint density at radius 2 is 2.28 bits per heavy atom. The van der Waals surface area contributed by atoms with Crippen molar-refractivity contribution in [3.63, 3.8) is 0 Å². The smallest absolute Gasteiger partial charge is 0.0962 e. The average molecular weight is 253 g/mol. The summed E-state index contributed by atoms with van der Waals surface area (Å²) in [6, 6.07) is 0. The predicted molar refractivity (Wildman–Crippen MR) is 69.0 cm³/mol. The van der Waals surface area contributed by atoms with Crippen molar-refractivity contribution in [2.24, 2.45) is 5.73 Å². The van der Waals surface area contributed by atoms with Crippen molar-refractivity contribution in [3.8, 4) is 0 Å². The average Bonchev–Trinajstić information content (AvgIpc) is 2.71. The van der Waals surface area contributed by atoms with Crippen LogP contribution in [0.25, 0.3) is 0 Å². The zero-order valence-corrected chi connectivity index (χ0v) is 11.5. The van der Waals surface area contributed by atoms with Crippen molar-refractivity contribution in [2.45, 2.75) is 45.6 Å². The fourth-order valence-corrected chi connectivity index (χ4v) is 2.54. The van der Waals surface area contributed by atoms with Crippen molar-refractivity contribution in [2.75, 3.05) is 19.6 Å². The molecule has 1 unspecified atom stereocenters. The third kappa shape index (κ3) is 3.51. The highest BCUT2D eigenvalue weighted by molar-refractivity contribution is 4.90. The van der Waals surface area contributed by atoms with Gasteiger partial charge < -0.3 is 10.5 Å². The molecule has 0 aliphatic carbocycles. The van der Waals surface area contributed by atoms with Crippen LogP contribution in [0.5, 0.6) is 0 Å². The lowest BCUT2D eigenvalue weighted by Gasteiger charge is -2.41. The lowest BCUT2D eigenvalue weighted by Crippen LogP contribution is -2.52. The van der Waals surface area contributed by atoms with Crippen molar-refractivity contribution in [1.29, 1.82) is 0 Å². The van der Waals surface area contributed by atoms with Crippen LogP contribution in [0.2, 0.25) is 0 Å². The fourth-order valence-electron chi connectivity index (χ4n) is 2.54. The molecule has 102 valence electrons. The summed E-state index contributed by atoms with van der Waals surface area (Å²) < 4.78 is 7.74. The topological polar surface area (TPSA) is 69.2 Å². The lowest BCUT2D eigenvalue weighted by molar-refractivity contribution is -0.129. The van der Waals surface area contributed by atoms with Crippen molar-refractivity contribution >= 4 is 0 Å². The summed E-state index contributed by atoms with van der Waals surface area (Å²) in [5.74, 6) is 0. The molecule has 1 aromatic heterocycles. The summed E-state index contributed by atoms with van der Waals surface area (Å²) in [6.07, 6.45) is 2.19. The van der Waals surface area contributed by atoms with Crippen LogP contribution in [0.3, 0.4) is 0 Å². The summed E-state index contributed by atoms with van der Waals surface area (Å²) in [6.45, 7) is 10.6. The number of aromatic nitrogens is 3. The Morgan fingerprint density at radius 1 is 1.50 bits per heavy atom. The van der Waals surface area contributed by atoms with E-state index in [9.17, 15) is 0 Å². The van der Waals surface area contributed by atoms with E-state index in [4.69, 9.17) is 10.5 Å². The summed E-state index contributed by atoms with van der Waals surface area (Å²) in [5.41, 5.74) is 6.28. The van der Waals surface area contributed by atoms with E-state index in [0.717, 1.165) is 31.9 Å². The molecule has 1 aliphatic rings. The van der Waals surface area contributed by atoms with Crippen molar-refractivity contribution in [3.05, 3.63) is 11.9 Å². The Morgan fingerprint density at radius 3 is 2.89 bits per heavy atom. The molecule has 1 aliphatic heterocycles. The Labute approximate surface area is 108 Å². The normalized spacial score (nSPS) is 24.3. The van der Waals surface area contributed by atoms with E-state index >= 15 is 0 Å². The second-order valence-electron chi connectivity index (χ2n) is 5.60. The number of nitrogens with two attached hydrogens (primary N) is 1.